The summed E-state index contributed by atoms with van der Waals surface area (Å²) in [5.74, 6) is 0.584. The Hall–Kier alpha value is -0.680. The molecule has 104 valence electrons. The smallest absolute Gasteiger partial charge is 0.234 e. The number of carbonyl (C=O) groups excluding carboxylic acids is 1. The second kappa shape index (κ2) is 6.48. The molecule has 5 heteroatoms. The van der Waals surface area contributed by atoms with Crippen molar-refractivity contribution in [1.82, 2.24) is 10.2 Å². The standard InChI is InChI=1S/C13H25N3OS/c1-10(2)7-15-12(17)8-16(3)9-13(4-5-13)6-11(14)18/h10H,4-9H2,1-3H3,(H2,14,18)(H,15,17). The minimum Gasteiger partial charge on any atom is -0.393 e. The van der Waals surface area contributed by atoms with Gasteiger partial charge in [-0.25, -0.2) is 0 Å². The van der Waals surface area contributed by atoms with Crippen LogP contribution in [0.3, 0.4) is 0 Å². The van der Waals surface area contributed by atoms with Crippen molar-refractivity contribution in [3.63, 3.8) is 0 Å². The maximum absolute atomic E-state index is 11.7. The SMILES string of the molecule is CC(C)CNC(=O)CN(C)CC1(CC(N)=S)CC1. The van der Waals surface area contributed by atoms with E-state index in [4.69, 9.17) is 18.0 Å². The summed E-state index contributed by atoms with van der Waals surface area (Å²) in [5, 5.41) is 2.93. The first-order valence-corrected chi connectivity index (χ1v) is 6.97. The molecule has 4 nitrogen and oxygen atoms in total. The Balaban J connectivity index is 2.27. The van der Waals surface area contributed by atoms with Gasteiger partial charge in [0.1, 0.15) is 0 Å². The molecule has 0 aliphatic heterocycles. The van der Waals surface area contributed by atoms with Crippen LogP contribution < -0.4 is 11.1 Å². The zero-order chi connectivity index (χ0) is 13.8. The van der Waals surface area contributed by atoms with Crippen LogP contribution in [0.5, 0.6) is 0 Å². The first-order valence-electron chi connectivity index (χ1n) is 6.56. The Morgan fingerprint density at radius 2 is 2.11 bits per heavy atom. The molecule has 1 fully saturated rings. The number of thiocarbonyl (C=S) groups is 1. The van der Waals surface area contributed by atoms with Gasteiger partial charge in [-0.2, -0.15) is 0 Å². The molecule has 1 saturated carbocycles. The van der Waals surface area contributed by atoms with Gasteiger partial charge in [0.15, 0.2) is 0 Å². The Kier molecular flexibility index (Phi) is 5.53. The minimum atomic E-state index is 0.0947. The van der Waals surface area contributed by atoms with E-state index in [0.29, 0.717) is 17.5 Å². The van der Waals surface area contributed by atoms with Crippen LogP contribution in [0, 0.1) is 11.3 Å². The fourth-order valence-electron chi connectivity index (χ4n) is 2.18. The molecule has 0 bridgehead atoms. The van der Waals surface area contributed by atoms with Gasteiger partial charge >= 0.3 is 0 Å². The lowest BCUT2D eigenvalue weighted by Gasteiger charge is -2.23. The van der Waals surface area contributed by atoms with Crippen molar-refractivity contribution >= 4 is 23.1 Å². The maximum atomic E-state index is 11.7. The van der Waals surface area contributed by atoms with Crippen molar-refractivity contribution in [3.05, 3.63) is 0 Å². The second-order valence-electron chi connectivity index (χ2n) is 6.01. The van der Waals surface area contributed by atoms with Crippen molar-refractivity contribution in [2.75, 3.05) is 26.7 Å². The molecule has 3 N–H and O–H groups in total. The summed E-state index contributed by atoms with van der Waals surface area (Å²) in [6.07, 6.45) is 3.14. The van der Waals surface area contributed by atoms with E-state index in [2.05, 4.69) is 24.1 Å². The van der Waals surface area contributed by atoms with Crippen LogP contribution in [-0.4, -0.2) is 42.5 Å². The molecule has 0 aromatic carbocycles. The molecule has 0 unspecified atom stereocenters. The molecular weight excluding hydrogens is 246 g/mol. The lowest BCUT2D eigenvalue weighted by molar-refractivity contribution is -0.122. The number of rotatable bonds is 8. The Morgan fingerprint density at radius 1 is 1.50 bits per heavy atom. The van der Waals surface area contributed by atoms with Gasteiger partial charge in [-0.15, -0.1) is 0 Å². The van der Waals surface area contributed by atoms with Crippen molar-refractivity contribution in [2.24, 2.45) is 17.1 Å². The second-order valence-corrected chi connectivity index (χ2v) is 6.54. The third-order valence-electron chi connectivity index (χ3n) is 3.23. The molecule has 18 heavy (non-hydrogen) atoms. The van der Waals surface area contributed by atoms with Crippen molar-refractivity contribution in [1.29, 1.82) is 0 Å². The molecule has 0 aromatic heterocycles. The number of hydrogen-bond acceptors (Lipinski definition) is 3. The molecule has 1 rings (SSSR count). The monoisotopic (exact) mass is 271 g/mol. The average molecular weight is 271 g/mol. The van der Waals surface area contributed by atoms with E-state index in [1.807, 2.05) is 7.05 Å². The highest BCUT2D eigenvalue weighted by atomic mass is 32.1. The van der Waals surface area contributed by atoms with E-state index in [1.54, 1.807) is 0 Å². The van der Waals surface area contributed by atoms with Gasteiger partial charge in [0.05, 0.1) is 11.5 Å². The number of hydrogen-bond donors (Lipinski definition) is 2. The fraction of sp³-hybridized carbons (Fsp3) is 0.846. The lowest BCUT2D eigenvalue weighted by atomic mass is 10.0. The van der Waals surface area contributed by atoms with Gasteiger partial charge in [0.25, 0.3) is 0 Å². The highest BCUT2D eigenvalue weighted by molar-refractivity contribution is 7.80. The summed E-state index contributed by atoms with van der Waals surface area (Å²) in [7, 11) is 1.98. The Bertz CT molecular complexity index is 313. The molecule has 0 saturated heterocycles. The fourth-order valence-corrected chi connectivity index (χ4v) is 2.49. The van der Waals surface area contributed by atoms with Gasteiger partial charge in [-0.1, -0.05) is 26.1 Å². The predicted octanol–water partition coefficient (Wildman–Crippen LogP) is 1.15. The first kappa shape index (κ1) is 15.4. The quantitative estimate of drug-likeness (QED) is 0.650. The zero-order valence-corrected chi connectivity index (χ0v) is 12.5. The molecule has 1 amide bonds. The third-order valence-corrected chi connectivity index (χ3v) is 3.38. The number of amides is 1. The summed E-state index contributed by atoms with van der Waals surface area (Å²) in [6.45, 7) is 6.27. The Morgan fingerprint density at radius 3 is 2.56 bits per heavy atom. The van der Waals surface area contributed by atoms with Crippen LogP contribution in [0.15, 0.2) is 0 Å². The molecule has 0 spiro atoms. The van der Waals surface area contributed by atoms with Crippen LogP contribution in [-0.2, 0) is 4.79 Å². The van der Waals surface area contributed by atoms with Crippen LogP contribution in [0.1, 0.15) is 33.1 Å². The topological polar surface area (TPSA) is 58.4 Å². The Labute approximate surface area is 115 Å². The van der Waals surface area contributed by atoms with Gasteiger partial charge in [-0.3, -0.25) is 9.69 Å². The number of carbonyl (C=O) groups is 1. The number of nitrogens with zero attached hydrogens (tertiary/aromatic N) is 1. The number of nitrogens with one attached hydrogen (secondary N) is 1. The van der Waals surface area contributed by atoms with E-state index >= 15 is 0 Å². The molecule has 1 aliphatic rings. The first-order chi connectivity index (χ1) is 8.33. The van der Waals surface area contributed by atoms with Crippen molar-refractivity contribution in [2.45, 2.75) is 33.1 Å². The van der Waals surface area contributed by atoms with Gasteiger partial charge in [0, 0.05) is 19.5 Å². The molecule has 0 atom stereocenters. The van der Waals surface area contributed by atoms with Crippen LogP contribution in [0.4, 0.5) is 0 Å². The number of nitrogens with two attached hydrogens (primary N) is 1. The highest BCUT2D eigenvalue weighted by Crippen LogP contribution is 2.49. The van der Waals surface area contributed by atoms with E-state index in [9.17, 15) is 4.79 Å². The van der Waals surface area contributed by atoms with E-state index in [0.717, 1.165) is 19.5 Å². The van der Waals surface area contributed by atoms with Crippen LogP contribution >= 0.6 is 12.2 Å². The van der Waals surface area contributed by atoms with Gasteiger partial charge < -0.3 is 11.1 Å². The van der Waals surface area contributed by atoms with Gasteiger partial charge in [0.2, 0.25) is 5.91 Å². The number of likely N-dealkylation sites (N-methyl/N-ethyl adjacent to an activating group) is 1. The highest BCUT2D eigenvalue weighted by Gasteiger charge is 2.43. The molecule has 0 heterocycles. The maximum Gasteiger partial charge on any atom is 0.234 e. The summed E-state index contributed by atoms with van der Waals surface area (Å²) >= 11 is 4.97. The van der Waals surface area contributed by atoms with E-state index in [-0.39, 0.29) is 11.3 Å². The van der Waals surface area contributed by atoms with Crippen LogP contribution in [0.25, 0.3) is 0 Å². The van der Waals surface area contributed by atoms with E-state index < -0.39 is 0 Å². The summed E-state index contributed by atoms with van der Waals surface area (Å²) in [5.41, 5.74) is 5.86. The molecular formula is C13H25N3OS. The summed E-state index contributed by atoms with van der Waals surface area (Å²) in [4.78, 5) is 14.3. The van der Waals surface area contributed by atoms with E-state index in [1.165, 1.54) is 12.8 Å². The van der Waals surface area contributed by atoms with Crippen molar-refractivity contribution < 1.29 is 4.79 Å². The average Bonchev–Trinajstić information content (AvgIpc) is 2.92. The summed E-state index contributed by atoms with van der Waals surface area (Å²) < 4.78 is 0. The minimum absolute atomic E-state index is 0.0947. The van der Waals surface area contributed by atoms with Crippen molar-refractivity contribution in [3.8, 4) is 0 Å². The molecule has 1 aliphatic carbocycles. The zero-order valence-electron chi connectivity index (χ0n) is 11.7. The lowest BCUT2D eigenvalue weighted by Crippen LogP contribution is -2.39. The summed E-state index contributed by atoms with van der Waals surface area (Å²) in [6, 6.07) is 0. The largest absolute Gasteiger partial charge is 0.393 e. The third kappa shape index (κ3) is 5.78. The molecule has 0 radical (unpaired) electrons. The van der Waals surface area contributed by atoms with Crippen LogP contribution in [0.2, 0.25) is 0 Å². The normalized spacial score (nSPS) is 16.9. The predicted molar refractivity (Wildman–Crippen MR) is 78.4 cm³/mol. The van der Waals surface area contributed by atoms with Gasteiger partial charge in [-0.05, 0) is 31.2 Å². The molecule has 0 aromatic rings.